The Morgan fingerprint density at radius 1 is 1.24 bits per heavy atom. The number of aromatic carboxylic acids is 1. The number of rotatable bonds is 5. The van der Waals surface area contributed by atoms with Crippen molar-refractivity contribution < 1.29 is 14.7 Å². The molecule has 0 aliphatic carbocycles. The largest absolute Gasteiger partial charge is 0.478 e. The lowest BCUT2D eigenvalue weighted by molar-refractivity contribution is 0.0699. The lowest BCUT2D eigenvalue weighted by Gasteiger charge is -2.14. The maximum Gasteiger partial charge on any atom is 0.336 e. The SMILES string of the molecule is C=CCC(C)NC(=O)c1cccc2cccc(C(=O)O)c12. The molecule has 2 rings (SSSR count). The topological polar surface area (TPSA) is 66.4 Å². The fraction of sp³-hybridized carbons (Fsp3) is 0.176. The molecule has 0 saturated heterocycles. The zero-order chi connectivity index (χ0) is 15.4. The van der Waals surface area contributed by atoms with E-state index in [0.29, 0.717) is 17.4 Å². The van der Waals surface area contributed by atoms with Gasteiger partial charge < -0.3 is 10.4 Å². The summed E-state index contributed by atoms with van der Waals surface area (Å²) in [5.74, 6) is -1.32. The summed E-state index contributed by atoms with van der Waals surface area (Å²) in [6.07, 6.45) is 2.39. The molecule has 0 radical (unpaired) electrons. The van der Waals surface area contributed by atoms with Crippen LogP contribution in [-0.4, -0.2) is 23.0 Å². The molecule has 0 heterocycles. The molecule has 0 spiro atoms. The van der Waals surface area contributed by atoms with Crippen LogP contribution in [0.1, 0.15) is 34.1 Å². The van der Waals surface area contributed by atoms with E-state index in [4.69, 9.17) is 0 Å². The number of fused-ring (bicyclic) bond motifs is 1. The van der Waals surface area contributed by atoms with Crippen LogP contribution in [0.3, 0.4) is 0 Å². The summed E-state index contributed by atoms with van der Waals surface area (Å²) in [5.41, 5.74) is 0.510. The van der Waals surface area contributed by atoms with E-state index in [1.807, 2.05) is 6.92 Å². The smallest absolute Gasteiger partial charge is 0.336 e. The number of hydrogen-bond acceptors (Lipinski definition) is 2. The maximum atomic E-state index is 12.4. The highest BCUT2D eigenvalue weighted by Gasteiger charge is 2.17. The van der Waals surface area contributed by atoms with Crippen molar-refractivity contribution in [3.63, 3.8) is 0 Å². The van der Waals surface area contributed by atoms with Gasteiger partial charge in [0.1, 0.15) is 0 Å². The number of hydrogen-bond donors (Lipinski definition) is 2. The van der Waals surface area contributed by atoms with Gasteiger partial charge in [-0.2, -0.15) is 0 Å². The second-order valence-corrected chi connectivity index (χ2v) is 4.91. The molecule has 108 valence electrons. The molecule has 0 saturated carbocycles. The van der Waals surface area contributed by atoms with E-state index >= 15 is 0 Å². The Balaban J connectivity index is 2.51. The molecular weight excluding hydrogens is 266 g/mol. The Morgan fingerprint density at radius 3 is 2.43 bits per heavy atom. The summed E-state index contributed by atoms with van der Waals surface area (Å²) in [4.78, 5) is 23.7. The van der Waals surface area contributed by atoms with Gasteiger partial charge in [0.2, 0.25) is 0 Å². The number of carboxylic acids is 1. The third kappa shape index (κ3) is 3.11. The molecule has 0 fully saturated rings. The summed E-state index contributed by atoms with van der Waals surface area (Å²) in [5, 5.41) is 13.4. The average molecular weight is 283 g/mol. The predicted molar refractivity (Wildman–Crippen MR) is 82.6 cm³/mol. The third-order valence-electron chi connectivity index (χ3n) is 3.28. The highest BCUT2D eigenvalue weighted by Crippen LogP contribution is 2.23. The highest BCUT2D eigenvalue weighted by molar-refractivity contribution is 6.14. The van der Waals surface area contributed by atoms with Crippen LogP contribution in [0, 0.1) is 0 Å². The van der Waals surface area contributed by atoms with Gasteiger partial charge in [-0.3, -0.25) is 4.79 Å². The molecule has 1 amide bonds. The molecule has 4 heteroatoms. The van der Waals surface area contributed by atoms with Crippen LogP contribution in [0.4, 0.5) is 0 Å². The molecule has 1 atom stereocenters. The number of nitrogens with one attached hydrogen (secondary N) is 1. The molecule has 0 aromatic heterocycles. The minimum absolute atomic E-state index is 0.0535. The van der Waals surface area contributed by atoms with Crippen molar-refractivity contribution in [2.75, 3.05) is 0 Å². The minimum Gasteiger partial charge on any atom is -0.478 e. The standard InChI is InChI=1S/C17H17NO3/c1-3-6-11(2)18-16(19)13-9-4-7-12-8-5-10-14(15(12)13)17(20)21/h3-5,7-11H,1,6H2,2H3,(H,18,19)(H,20,21). The average Bonchev–Trinajstić information content (AvgIpc) is 2.45. The first-order valence-electron chi connectivity index (χ1n) is 6.71. The summed E-state index contributed by atoms with van der Waals surface area (Å²) < 4.78 is 0. The lowest BCUT2D eigenvalue weighted by atomic mass is 9.98. The zero-order valence-electron chi connectivity index (χ0n) is 11.8. The van der Waals surface area contributed by atoms with Gasteiger partial charge in [0.25, 0.3) is 5.91 Å². The van der Waals surface area contributed by atoms with Gasteiger partial charge >= 0.3 is 5.97 Å². The van der Waals surface area contributed by atoms with Gasteiger partial charge in [0, 0.05) is 17.0 Å². The van der Waals surface area contributed by atoms with Crippen LogP contribution in [0.25, 0.3) is 10.8 Å². The van der Waals surface area contributed by atoms with Crippen molar-refractivity contribution in [1.29, 1.82) is 0 Å². The van der Waals surface area contributed by atoms with Crippen LogP contribution >= 0.6 is 0 Å². The van der Waals surface area contributed by atoms with Gasteiger partial charge in [0.15, 0.2) is 0 Å². The molecule has 4 nitrogen and oxygen atoms in total. The molecular formula is C17H17NO3. The number of carbonyl (C=O) groups excluding carboxylic acids is 1. The quantitative estimate of drug-likeness (QED) is 0.828. The third-order valence-corrected chi connectivity index (χ3v) is 3.28. The van der Waals surface area contributed by atoms with Crippen LogP contribution in [0.15, 0.2) is 49.1 Å². The summed E-state index contributed by atoms with van der Waals surface area (Å²) in [7, 11) is 0. The predicted octanol–water partition coefficient (Wildman–Crippen LogP) is 3.23. The van der Waals surface area contributed by atoms with E-state index in [1.54, 1.807) is 36.4 Å². The lowest BCUT2D eigenvalue weighted by Crippen LogP contribution is -2.32. The van der Waals surface area contributed by atoms with E-state index in [0.717, 1.165) is 5.39 Å². The second kappa shape index (κ2) is 6.22. The maximum absolute atomic E-state index is 12.4. The Kier molecular flexibility index (Phi) is 4.38. The summed E-state index contributed by atoms with van der Waals surface area (Å²) in [6.45, 7) is 5.52. The van der Waals surface area contributed by atoms with Crippen LogP contribution in [0.5, 0.6) is 0 Å². The van der Waals surface area contributed by atoms with Crippen molar-refractivity contribution in [3.05, 3.63) is 60.2 Å². The molecule has 0 aliphatic heterocycles. The van der Waals surface area contributed by atoms with Crippen molar-refractivity contribution in [3.8, 4) is 0 Å². The van der Waals surface area contributed by atoms with E-state index in [9.17, 15) is 14.7 Å². The molecule has 2 aromatic carbocycles. The van der Waals surface area contributed by atoms with E-state index < -0.39 is 5.97 Å². The summed E-state index contributed by atoms with van der Waals surface area (Å²) in [6, 6.07) is 10.1. The Bertz CT molecular complexity index is 701. The molecule has 2 aromatic rings. The number of benzene rings is 2. The van der Waals surface area contributed by atoms with E-state index in [2.05, 4.69) is 11.9 Å². The van der Waals surface area contributed by atoms with E-state index in [-0.39, 0.29) is 17.5 Å². The molecule has 2 N–H and O–H groups in total. The van der Waals surface area contributed by atoms with Gasteiger partial charge in [0.05, 0.1) is 5.56 Å². The Hall–Kier alpha value is -2.62. The number of amides is 1. The van der Waals surface area contributed by atoms with E-state index in [1.165, 1.54) is 6.07 Å². The molecule has 0 aliphatic rings. The number of carboxylic acid groups (broad SMARTS) is 1. The van der Waals surface area contributed by atoms with Gasteiger partial charge in [-0.15, -0.1) is 6.58 Å². The minimum atomic E-state index is -1.04. The van der Waals surface area contributed by atoms with Crippen molar-refractivity contribution in [2.24, 2.45) is 0 Å². The van der Waals surface area contributed by atoms with Gasteiger partial charge in [-0.1, -0.05) is 30.3 Å². The first kappa shape index (κ1) is 14.8. The molecule has 1 unspecified atom stereocenters. The molecule has 21 heavy (non-hydrogen) atoms. The first-order valence-corrected chi connectivity index (χ1v) is 6.71. The summed E-state index contributed by atoms with van der Waals surface area (Å²) >= 11 is 0. The monoisotopic (exact) mass is 283 g/mol. The molecule has 0 bridgehead atoms. The fourth-order valence-corrected chi connectivity index (χ4v) is 2.32. The van der Waals surface area contributed by atoms with Crippen LogP contribution in [0.2, 0.25) is 0 Å². The Labute approximate surface area is 123 Å². The Morgan fingerprint density at radius 2 is 1.86 bits per heavy atom. The van der Waals surface area contributed by atoms with Crippen molar-refractivity contribution >= 4 is 22.6 Å². The van der Waals surface area contributed by atoms with Crippen LogP contribution in [-0.2, 0) is 0 Å². The highest BCUT2D eigenvalue weighted by atomic mass is 16.4. The normalized spacial score (nSPS) is 11.9. The first-order chi connectivity index (χ1) is 10.0. The van der Waals surface area contributed by atoms with Gasteiger partial charge in [-0.25, -0.2) is 4.79 Å². The second-order valence-electron chi connectivity index (χ2n) is 4.91. The van der Waals surface area contributed by atoms with Crippen molar-refractivity contribution in [1.82, 2.24) is 5.32 Å². The van der Waals surface area contributed by atoms with Crippen molar-refractivity contribution in [2.45, 2.75) is 19.4 Å². The van der Waals surface area contributed by atoms with Crippen LogP contribution < -0.4 is 5.32 Å². The number of carbonyl (C=O) groups is 2. The van der Waals surface area contributed by atoms with Gasteiger partial charge in [-0.05, 0) is 30.9 Å². The fourth-order valence-electron chi connectivity index (χ4n) is 2.32. The zero-order valence-corrected chi connectivity index (χ0v) is 11.8.